The maximum absolute atomic E-state index is 13.5. The Morgan fingerprint density at radius 2 is 1.78 bits per heavy atom. The number of carbonyl (C=O) groups excluding carboxylic acids is 1. The molecule has 0 aliphatic carbocycles. The summed E-state index contributed by atoms with van der Waals surface area (Å²) < 4.78 is 38.0. The van der Waals surface area contributed by atoms with Gasteiger partial charge in [-0.05, 0) is 69.6 Å². The van der Waals surface area contributed by atoms with Crippen LogP contribution in [-0.4, -0.2) is 36.0 Å². The number of benzene rings is 1. The van der Waals surface area contributed by atoms with Crippen LogP contribution in [0.5, 0.6) is 0 Å². The lowest BCUT2D eigenvalue weighted by Crippen LogP contribution is -2.48. The fourth-order valence-electron chi connectivity index (χ4n) is 3.79. The molecule has 1 heterocycles. The number of amides is 1. The van der Waals surface area contributed by atoms with Crippen molar-refractivity contribution in [1.82, 2.24) is 4.90 Å². The summed E-state index contributed by atoms with van der Waals surface area (Å²) in [5.74, 6) is -0.901. The molecule has 4 nitrogen and oxygen atoms in total. The molecule has 1 aliphatic rings. The zero-order valence-electron chi connectivity index (χ0n) is 17.1. The molecule has 2 rings (SSSR count). The summed E-state index contributed by atoms with van der Waals surface area (Å²) in [6.07, 6.45) is 1.39. The van der Waals surface area contributed by atoms with Crippen molar-refractivity contribution in [2.24, 2.45) is 11.8 Å². The van der Waals surface area contributed by atoms with Gasteiger partial charge in [-0.1, -0.05) is 13.8 Å². The van der Waals surface area contributed by atoms with Crippen molar-refractivity contribution in [3.63, 3.8) is 0 Å². The van der Waals surface area contributed by atoms with Crippen molar-refractivity contribution in [3.8, 4) is 0 Å². The van der Waals surface area contributed by atoms with Crippen LogP contribution in [0.4, 0.5) is 13.6 Å². The number of rotatable bonds is 5. The van der Waals surface area contributed by atoms with Crippen molar-refractivity contribution < 1.29 is 23.0 Å². The van der Waals surface area contributed by atoms with Crippen molar-refractivity contribution in [2.75, 3.05) is 7.11 Å². The highest BCUT2D eigenvalue weighted by molar-refractivity contribution is 5.69. The van der Waals surface area contributed by atoms with Crippen LogP contribution in [-0.2, 0) is 15.9 Å². The quantitative estimate of drug-likeness (QED) is 0.706. The average Bonchev–Trinajstić information content (AvgIpc) is 2.95. The Bertz CT molecular complexity index is 639. The summed E-state index contributed by atoms with van der Waals surface area (Å²) in [6.45, 7) is 9.62. The van der Waals surface area contributed by atoms with Gasteiger partial charge >= 0.3 is 6.09 Å². The SMILES string of the molecule is COC1CC[C@H]([C@@H](C)[C@@H](C)Cc2cc(F)cc(F)c2)N1C(=O)OC(C)(C)C. The van der Waals surface area contributed by atoms with E-state index in [0.717, 1.165) is 18.9 Å². The van der Waals surface area contributed by atoms with E-state index >= 15 is 0 Å². The molecule has 1 aromatic rings. The first-order valence-electron chi connectivity index (χ1n) is 9.51. The lowest BCUT2D eigenvalue weighted by molar-refractivity contribution is -0.0497. The monoisotopic (exact) mass is 383 g/mol. The number of methoxy groups -OCH3 is 1. The minimum atomic E-state index is -0.587. The molecule has 0 bridgehead atoms. The lowest BCUT2D eigenvalue weighted by Gasteiger charge is -2.36. The van der Waals surface area contributed by atoms with Gasteiger partial charge in [0, 0.05) is 19.2 Å². The number of carbonyl (C=O) groups is 1. The summed E-state index contributed by atoms with van der Waals surface area (Å²) in [6, 6.07) is 3.56. The van der Waals surface area contributed by atoms with E-state index in [1.807, 2.05) is 27.7 Å². The second kappa shape index (κ2) is 8.55. The summed E-state index contributed by atoms with van der Waals surface area (Å²) in [7, 11) is 1.59. The molecule has 1 fully saturated rings. The number of likely N-dealkylation sites (tertiary alicyclic amines) is 1. The average molecular weight is 383 g/mol. The predicted octanol–water partition coefficient (Wildman–Crippen LogP) is 5.15. The second-order valence-electron chi connectivity index (χ2n) is 8.54. The largest absolute Gasteiger partial charge is 0.444 e. The molecule has 6 heteroatoms. The molecule has 1 amide bonds. The summed E-state index contributed by atoms with van der Waals surface area (Å²) >= 11 is 0. The third kappa shape index (κ3) is 5.64. The molecule has 1 aromatic carbocycles. The molecular formula is C21H31F2NO3. The smallest absolute Gasteiger partial charge is 0.412 e. The standard InChI is InChI=1S/C21H31F2NO3/c1-13(9-15-10-16(22)12-17(23)11-15)14(2)18-7-8-19(26-6)24(18)20(25)27-21(3,4)5/h10-14,18-19H,7-9H2,1-6H3/t13-,14-,18+,19?/m0/s1. The van der Waals surface area contributed by atoms with Crippen LogP contribution in [0, 0.1) is 23.5 Å². The van der Waals surface area contributed by atoms with Gasteiger partial charge in [-0.25, -0.2) is 13.6 Å². The highest BCUT2D eigenvalue weighted by Crippen LogP contribution is 2.35. The Morgan fingerprint density at radius 1 is 1.19 bits per heavy atom. The zero-order chi connectivity index (χ0) is 20.4. The van der Waals surface area contributed by atoms with Gasteiger partial charge in [0.25, 0.3) is 0 Å². The van der Waals surface area contributed by atoms with E-state index in [4.69, 9.17) is 9.47 Å². The molecule has 0 N–H and O–H groups in total. The molecule has 0 aromatic heterocycles. The third-order valence-corrected chi connectivity index (χ3v) is 5.24. The molecule has 27 heavy (non-hydrogen) atoms. The lowest BCUT2D eigenvalue weighted by atomic mass is 9.83. The minimum absolute atomic E-state index is 0.0433. The van der Waals surface area contributed by atoms with Gasteiger partial charge in [0.1, 0.15) is 23.5 Å². The maximum Gasteiger partial charge on any atom is 0.412 e. The van der Waals surface area contributed by atoms with Gasteiger partial charge in [-0.2, -0.15) is 0 Å². The summed E-state index contributed by atoms with van der Waals surface area (Å²) in [5, 5.41) is 0. The van der Waals surface area contributed by atoms with Gasteiger partial charge in [0.05, 0.1) is 0 Å². The van der Waals surface area contributed by atoms with E-state index in [2.05, 4.69) is 6.92 Å². The number of ether oxygens (including phenoxy) is 2. The van der Waals surface area contributed by atoms with Gasteiger partial charge in [-0.3, -0.25) is 4.90 Å². The highest BCUT2D eigenvalue weighted by Gasteiger charge is 2.43. The number of hydrogen-bond donors (Lipinski definition) is 0. The van der Waals surface area contributed by atoms with Crippen LogP contribution >= 0.6 is 0 Å². The van der Waals surface area contributed by atoms with E-state index in [1.165, 1.54) is 12.1 Å². The molecule has 1 aliphatic heterocycles. The minimum Gasteiger partial charge on any atom is -0.444 e. The van der Waals surface area contributed by atoms with Crippen LogP contribution in [0.2, 0.25) is 0 Å². The summed E-state index contributed by atoms with van der Waals surface area (Å²) in [4.78, 5) is 14.4. The topological polar surface area (TPSA) is 38.8 Å². The molecule has 152 valence electrons. The zero-order valence-corrected chi connectivity index (χ0v) is 17.1. The Balaban J connectivity index is 2.14. The first-order valence-corrected chi connectivity index (χ1v) is 9.51. The number of halogens is 2. The van der Waals surface area contributed by atoms with Crippen molar-refractivity contribution in [3.05, 3.63) is 35.4 Å². The predicted molar refractivity (Wildman–Crippen MR) is 100 cm³/mol. The van der Waals surface area contributed by atoms with Gasteiger partial charge < -0.3 is 9.47 Å². The van der Waals surface area contributed by atoms with Crippen molar-refractivity contribution >= 4 is 6.09 Å². The maximum atomic E-state index is 13.5. The molecule has 0 radical (unpaired) electrons. The number of hydrogen-bond acceptors (Lipinski definition) is 3. The molecule has 4 atom stereocenters. The second-order valence-corrected chi connectivity index (χ2v) is 8.54. The summed E-state index contributed by atoms with van der Waals surface area (Å²) in [5.41, 5.74) is 0.0353. The fraction of sp³-hybridized carbons (Fsp3) is 0.667. The molecule has 1 unspecified atom stereocenters. The van der Waals surface area contributed by atoms with Gasteiger partial charge in [0.2, 0.25) is 0 Å². The van der Waals surface area contributed by atoms with E-state index < -0.39 is 17.2 Å². The first kappa shape index (κ1) is 21.6. The third-order valence-electron chi connectivity index (χ3n) is 5.24. The van der Waals surface area contributed by atoms with Gasteiger partial charge in [-0.15, -0.1) is 0 Å². The molecule has 1 saturated heterocycles. The highest BCUT2D eigenvalue weighted by atomic mass is 19.1. The Morgan fingerprint density at radius 3 is 2.30 bits per heavy atom. The van der Waals surface area contributed by atoms with E-state index in [9.17, 15) is 13.6 Å². The first-order chi connectivity index (χ1) is 12.5. The van der Waals surface area contributed by atoms with E-state index in [0.29, 0.717) is 12.0 Å². The molecule has 0 saturated carbocycles. The number of nitrogens with zero attached hydrogens (tertiary/aromatic N) is 1. The van der Waals surface area contributed by atoms with E-state index in [-0.39, 0.29) is 30.2 Å². The Kier molecular flexibility index (Phi) is 6.84. The molecule has 0 spiro atoms. The van der Waals surface area contributed by atoms with Crippen LogP contribution in [0.15, 0.2) is 18.2 Å². The Labute approximate surface area is 160 Å². The fourth-order valence-corrected chi connectivity index (χ4v) is 3.79. The van der Waals surface area contributed by atoms with Crippen LogP contribution in [0.25, 0.3) is 0 Å². The van der Waals surface area contributed by atoms with Crippen molar-refractivity contribution in [2.45, 2.75) is 71.8 Å². The van der Waals surface area contributed by atoms with Crippen LogP contribution < -0.4 is 0 Å². The van der Waals surface area contributed by atoms with Crippen LogP contribution in [0.1, 0.15) is 53.0 Å². The normalized spacial score (nSPS) is 22.6. The van der Waals surface area contributed by atoms with Crippen molar-refractivity contribution in [1.29, 1.82) is 0 Å². The van der Waals surface area contributed by atoms with E-state index in [1.54, 1.807) is 12.0 Å². The van der Waals surface area contributed by atoms with Crippen LogP contribution in [0.3, 0.4) is 0 Å². The Hall–Kier alpha value is -1.69. The van der Waals surface area contributed by atoms with Gasteiger partial charge in [0.15, 0.2) is 0 Å². The molecular weight excluding hydrogens is 352 g/mol.